The van der Waals surface area contributed by atoms with Crippen molar-refractivity contribution < 1.29 is 4.79 Å². The normalized spacial score (nSPS) is 26.4. The van der Waals surface area contributed by atoms with Crippen LogP contribution >= 0.6 is 0 Å². The van der Waals surface area contributed by atoms with E-state index in [1.165, 1.54) is 0 Å². The molecule has 2 N–H and O–H groups in total. The minimum absolute atomic E-state index is 0.249. The maximum atomic E-state index is 13.2. The number of anilines is 2. The van der Waals surface area contributed by atoms with Gasteiger partial charge in [0.05, 0.1) is 11.6 Å². The molecule has 0 spiro atoms. The highest BCUT2D eigenvalue weighted by molar-refractivity contribution is 5.98. The molecule has 4 unspecified atom stereocenters. The van der Waals surface area contributed by atoms with E-state index < -0.39 is 17.7 Å². The molecule has 2 aliphatic rings. The zero-order valence-electron chi connectivity index (χ0n) is 16.9. The van der Waals surface area contributed by atoms with Gasteiger partial charge in [0, 0.05) is 18.0 Å². The molecule has 4 atom stereocenters. The first kappa shape index (κ1) is 19.2. The number of amides is 1. The predicted octanol–water partition coefficient (Wildman–Crippen LogP) is 3.07. The van der Waals surface area contributed by atoms with Crippen molar-refractivity contribution in [3.63, 3.8) is 0 Å². The van der Waals surface area contributed by atoms with Crippen molar-refractivity contribution >= 4 is 17.7 Å². The highest BCUT2D eigenvalue weighted by atomic mass is 16.2. The van der Waals surface area contributed by atoms with E-state index in [1.807, 2.05) is 31.2 Å². The van der Waals surface area contributed by atoms with E-state index in [4.69, 9.17) is 0 Å². The fourth-order valence-electron chi connectivity index (χ4n) is 4.59. The molecule has 2 aliphatic heterocycles. The summed E-state index contributed by atoms with van der Waals surface area (Å²) in [6.45, 7) is 6.21. The number of nitriles is 1. The fourth-order valence-corrected chi connectivity index (χ4v) is 4.59. The summed E-state index contributed by atoms with van der Waals surface area (Å²) in [5.74, 6) is -1.31. The van der Waals surface area contributed by atoms with Crippen LogP contribution in [0.15, 0.2) is 29.1 Å². The minimum Gasteiger partial charge on any atom is -0.337 e. The van der Waals surface area contributed by atoms with Crippen LogP contribution in [0.4, 0.5) is 11.8 Å². The molecule has 1 amide bonds. The van der Waals surface area contributed by atoms with Gasteiger partial charge in [-0.15, -0.1) is 0 Å². The second-order valence-corrected chi connectivity index (χ2v) is 8.17. The Kier molecular flexibility index (Phi) is 4.87. The molecule has 3 heterocycles. The zero-order chi connectivity index (χ0) is 20.7. The Morgan fingerprint density at radius 2 is 1.79 bits per heavy atom. The number of carbonyl (C=O) groups excluding carboxylic acids is 1. The number of aromatic amines is 1. The molecule has 4 rings (SSSR count). The van der Waals surface area contributed by atoms with Crippen LogP contribution in [0.3, 0.4) is 0 Å². The number of fused-ring (bicyclic) bond motifs is 1. The predicted molar refractivity (Wildman–Crippen MR) is 111 cm³/mol. The Morgan fingerprint density at radius 3 is 2.41 bits per heavy atom. The van der Waals surface area contributed by atoms with Crippen LogP contribution in [0.25, 0.3) is 0 Å². The van der Waals surface area contributed by atoms with Gasteiger partial charge in [0.2, 0.25) is 11.9 Å². The van der Waals surface area contributed by atoms with E-state index >= 15 is 0 Å². The van der Waals surface area contributed by atoms with Gasteiger partial charge in [-0.1, -0.05) is 29.8 Å². The number of nitrogens with one attached hydrogen (secondary N) is 2. The van der Waals surface area contributed by atoms with Crippen molar-refractivity contribution in [2.75, 3.05) is 10.2 Å². The summed E-state index contributed by atoms with van der Waals surface area (Å²) in [6, 6.07) is 10.2. The summed E-state index contributed by atoms with van der Waals surface area (Å²) >= 11 is 0. The van der Waals surface area contributed by atoms with Crippen LogP contribution in [0.5, 0.6) is 0 Å². The lowest BCUT2D eigenvalue weighted by Crippen LogP contribution is -2.46. The second-order valence-electron chi connectivity index (χ2n) is 8.17. The smallest absolute Gasteiger partial charge is 0.258 e. The first-order chi connectivity index (χ1) is 13.9. The second kappa shape index (κ2) is 7.36. The van der Waals surface area contributed by atoms with E-state index in [0.717, 1.165) is 30.4 Å². The Hall–Kier alpha value is -3.14. The summed E-state index contributed by atoms with van der Waals surface area (Å²) in [5.41, 5.74) is 1.87. The number of hydrogen-bond acceptors (Lipinski definition) is 5. The number of aryl methyl sites for hydroxylation is 1. The van der Waals surface area contributed by atoms with Gasteiger partial charge in [-0.25, -0.2) is 0 Å². The summed E-state index contributed by atoms with van der Waals surface area (Å²) in [7, 11) is 0. The third-order valence-corrected chi connectivity index (χ3v) is 6.12. The number of piperidine rings is 1. The maximum Gasteiger partial charge on any atom is 0.258 e. The summed E-state index contributed by atoms with van der Waals surface area (Å²) in [5, 5.41) is 12.3. The van der Waals surface area contributed by atoms with Crippen molar-refractivity contribution in [1.29, 1.82) is 5.26 Å². The molecular formula is C22H25N5O2. The van der Waals surface area contributed by atoms with Crippen LogP contribution in [0, 0.1) is 24.2 Å². The SMILES string of the molecule is Cc1ccc(C2c3c(nc(N4C(C)CCCC4C)[nH]c3=O)NC(=O)C2C#N)cc1. The van der Waals surface area contributed by atoms with Gasteiger partial charge in [0.25, 0.3) is 5.56 Å². The van der Waals surface area contributed by atoms with Gasteiger partial charge in [-0.2, -0.15) is 10.2 Å². The van der Waals surface area contributed by atoms with Crippen LogP contribution in [-0.2, 0) is 4.79 Å². The molecular weight excluding hydrogens is 366 g/mol. The maximum absolute atomic E-state index is 13.2. The molecule has 1 saturated heterocycles. The van der Waals surface area contributed by atoms with Crippen molar-refractivity contribution in [2.24, 2.45) is 5.92 Å². The number of rotatable bonds is 2. The molecule has 29 heavy (non-hydrogen) atoms. The summed E-state index contributed by atoms with van der Waals surface area (Å²) < 4.78 is 0. The Labute approximate surface area is 169 Å². The van der Waals surface area contributed by atoms with Gasteiger partial charge in [0.15, 0.2) is 0 Å². The van der Waals surface area contributed by atoms with E-state index in [-0.39, 0.29) is 23.5 Å². The largest absolute Gasteiger partial charge is 0.337 e. The van der Waals surface area contributed by atoms with Gasteiger partial charge in [-0.05, 0) is 45.6 Å². The first-order valence-corrected chi connectivity index (χ1v) is 10.1. The van der Waals surface area contributed by atoms with Crippen molar-refractivity contribution in [3.05, 3.63) is 51.3 Å². The molecule has 1 aromatic carbocycles. The number of aromatic nitrogens is 2. The lowest BCUT2D eigenvalue weighted by molar-refractivity contribution is -0.119. The Bertz CT molecular complexity index is 1030. The van der Waals surface area contributed by atoms with Gasteiger partial charge < -0.3 is 10.2 Å². The lowest BCUT2D eigenvalue weighted by Gasteiger charge is -2.40. The van der Waals surface area contributed by atoms with E-state index in [1.54, 1.807) is 0 Å². The number of carbonyl (C=O) groups is 1. The van der Waals surface area contributed by atoms with Crippen molar-refractivity contribution in [1.82, 2.24) is 9.97 Å². The molecule has 150 valence electrons. The average molecular weight is 391 g/mol. The number of benzene rings is 1. The fraction of sp³-hybridized carbons (Fsp3) is 0.455. The van der Waals surface area contributed by atoms with E-state index in [2.05, 4.69) is 40.1 Å². The van der Waals surface area contributed by atoms with E-state index in [9.17, 15) is 14.9 Å². The Morgan fingerprint density at radius 1 is 1.14 bits per heavy atom. The number of nitrogens with zero attached hydrogens (tertiary/aromatic N) is 3. The molecule has 1 fully saturated rings. The van der Waals surface area contributed by atoms with Crippen molar-refractivity contribution in [2.45, 2.75) is 58.0 Å². The summed E-state index contributed by atoms with van der Waals surface area (Å²) in [6.07, 6.45) is 3.20. The van der Waals surface area contributed by atoms with Gasteiger partial charge in [-0.3, -0.25) is 14.6 Å². The molecule has 0 radical (unpaired) electrons. The molecule has 2 aromatic rings. The molecule has 0 aliphatic carbocycles. The lowest BCUT2D eigenvalue weighted by atomic mass is 9.79. The molecule has 7 heteroatoms. The molecule has 7 nitrogen and oxygen atoms in total. The quantitative estimate of drug-likeness (QED) is 0.819. The molecule has 0 saturated carbocycles. The van der Waals surface area contributed by atoms with Crippen LogP contribution < -0.4 is 15.8 Å². The zero-order valence-corrected chi connectivity index (χ0v) is 16.9. The standard InChI is InChI=1S/C22H25N5O2/c1-12-7-9-15(10-8-12)17-16(11-23)20(28)24-19-18(17)21(29)26-22(25-19)27-13(2)5-4-6-14(27)3/h7-10,13-14,16-17H,4-6H2,1-3H3,(H2,24,25,26,28,29). The number of H-pyrrole nitrogens is 1. The minimum atomic E-state index is -0.980. The molecule has 1 aromatic heterocycles. The highest BCUT2D eigenvalue weighted by Crippen LogP contribution is 2.38. The van der Waals surface area contributed by atoms with Gasteiger partial charge >= 0.3 is 0 Å². The molecule has 0 bridgehead atoms. The van der Waals surface area contributed by atoms with E-state index in [0.29, 0.717) is 11.5 Å². The highest BCUT2D eigenvalue weighted by Gasteiger charge is 2.40. The Balaban J connectivity index is 1.85. The van der Waals surface area contributed by atoms with Gasteiger partial charge in [0.1, 0.15) is 11.7 Å². The number of hydrogen-bond donors (Lipinski definition) is 2. The average Bonchev–Trinajstić information content (AvgIpc) is 2.67. The first-order valence-electron chi connectivity index (χ1n) is 10.1. The van der Waals surface area contributed by atoms with Crippen LogP contribution in [0.2, 0.25) is 0 Å². The van der Waals surface area contributed by atoms with Crippen LogP contribution in [-0.4, -0.2) is 28.0 Å². The monoisotopic (exact) mass is 391 g/mol. The third kappa shape index (κ3) is 3.29. The summed E-state index contributed by atoms with van der Waals surface area (Å²) in [4.78, 5) is 35.5. The third-order valence-electron chi connectivity index (χ3n) is 6.12. The topological polar surface area (TPSA) is 102 Å². The van der Waals surface area contributed by atoms with Crippen molar-refractivity contribution in [3.8, 4) is 6.07 Å². The van der Waals surface area contributed by atoms with Crippen LogP contribution in [0.1, 0.15) is 55.7 Å².